The largest absolute Gasteiger partial charge is 0.487 e. The van der Waals surface area contributed by atoms with E-state index >= 15 is 0 Å². The van der Waals surface area contributed by atoms with Gasteiger partial charge in [0.1, 0.15) is 5.82 Å². The Balaban J connectivity index is -0.000000214. The number of nitrogens with two attached hydrogens (primary N) is 2. The van der Waals surface area contributed by atoms with Crippen molar-refractivity contribution < 1.29 is 14.6 Å². The number of aliphatic hydroxyl groups is 2. The van der Waals surface area contributed by atoms with E-state index in [0.29, 0.717) is 0 Å². The van der Waals surface area contributed by atoms with Gasteiger partial charge < -0.3 is 21.7 Å². The van der Waals surface area contributed by atoms with Crippen LogP contribution >= 0.6 is 24.4 Å². The van der Waals surface area contributed by atoms with E-state index in [2.05, 4.69) is 35.9 Å². The molecule has 0 atom stereocenters. The highest BCUT2D eigenvalue weighted by Crippen LogP contribution is 2.01. The molecule has 0 bridgehead atoms. The van der Waals surface area contributed by atoms with Crippen LogP contribution < -0.4 is 11.5 Å². The van der Waals surface area contributed by atoms with Gasteiger partial charge in [0, 0.05) is 0 Å². The maximum absolute atomic E-state index is 12.2. The predicted octanol–water partition coefficient (Wildman–Crippen LogP) is 2.60. The molecule has 0 saturated carbocycles. The second-order valence-electron chi connectivity index (χ2n) is 2.66. The lowest BCUT2D eigenvalue weighted by molar-refractivity contribution is 0.559. The fourth-order valence-electron chi connectivity index (χ4n) is 0.720. The Bertz CT molecular complexity index is 325. The molecular formula is C11H19FN2O2S2. The zero-order valence-electron chi connectivity index (χ0n) is 9.26. The minimum atomic E-state index is -0.500. The maximum atomic E-state index is 12.2. The number of aryl methyl sites for hydroxylation is 1. The molecule has 1 aromatic rings. The highest BCUT2D eigenvalue weighted by atomic mass is 32.1. The van der Waals surface area contributed by atoms with Crippen molar-refractivity contribution >= 4 is 34.8 Å². The fourth-order valence-corrected chi connectivity index (χ4v) is 0.720. The van der Waals surface area contributed by atoms with Crippen molar-refractivity contribution in [1.82, 2.24) is 0 Å². The zero-order chi connectivity index (χ0) is 13.8. The van der Waals surface area contributed by atoms with Crippen LogP contribution in [-0.2, 0) is 6.42 Å². The number of hydrogen-bond donors (Lipinski definition) is 4. The first-order valence-corrected chi connectivity index (χ1v) is 5.32. The van der Waals surface area contributed by atoms with Crippen molar-refractivity contribution in [1.29, 1.82) is 0 Å². The van der Waals surface area contributed by atoms with E-state index in [-0.39, 0.29) is 13.2 Å². The number of benzene rings is 1. The topological polar surface area (TPSA) is 92.5 Å². The molecule has 1 aromatic carbocycles. The molecule has 7 heteroatoms. The Labute approximate surface area is 117 Å². The average Bonchev–Trinajstić information content (AvgIpc) is 2.17. The number of rotatable bonds is 1. The van der Waals surface area contributed by atoms with E-state index in [1.807, 2.05) is 6.92 Å². The molecule has 6 N–H and O–H groups in total. The van der Waals surface area contributed by atoms with Crippen LogP contribution in [0.15, 0.2) is 24.3 Å². The molecule has 0 heterocycles. The fraction of sp³-hybridized carbons (Fsp3) is 0.273. The Kier molecular flexibility index (Phi) is 16.4. The first-order chi connectivity index (χ1) is 7.79. The van der Waals surface area contributed by atoms with Gasteiger partial charge in [-0.1, -0.05) is 26.5 Å². The number of halogens is 1. The van der Waals surface area contributed by atoms with Crippen LogP contribution in [0.2, 0.25) is 0 Å². The smallest absolute Gasteiger partial charge is 0.251 e. The van der Waals surface area contributed by atoms with Crippen LogP contribution in [0.25, 0.3) is 0 Å². The van der Waals surface area contributed by atoms with Gasteiger partial charge in [0.15, 0.2) is 0 Å². The van der Waals surface area contributed by atoms with E-state index in [9.17, 15) is 4.39 Å². The van der Waals surface area contributed by atoms with Gasteiger partial charge >= 0.3 is 0 Å². The summed E-state index contributed by atoms with van der Waals surface area (Å²) in [6, 6.07) is 6.57. The number of thiocarbonyl (C=S) groups is 2. The molecule has 0 saturated heterocycles. The highest BCUT2D eigenvalue weighted by molar-refractivity contribution is 7.80. The van der Waals surface area contributed by atoms with Crippen molar-refractivity contribution in [3.8, 4) is 0 Å². The summed E-state index contributed by atoms with van der Waals surface area (Å²) in [6.45, 7) is 2.05. The van der Waals surface area contributed by atoms with Crippen LogP contribution in [0.4, 0.5) is 4.39 Å². The first-order valence-electron chi connectivity index (χ1n) is 4.50. The lowest BCUT2D eigenvalue weighted by Crippen LogP contribution is -2.03. The Morgan fingerprint density at radius 1 is 1.11 bits per heavy atom. The summed E-state index contributed by atoms with van der Waals surface area (Å²) >= 11 is 7.74. The molecule has 104 valence electrons. The average molecular weight is 294 g/mol. The Hall–Kier alpha value is -1.47. The summed E-state index contributed by atoms with van der Waals surface area (Å²) in [7, 11) is 0. The molecule has 18 heavy (non-hydrogen) atoms. The van der Waals surface area contributed by atoms with Gasteiger partial charge in [0.05, 0.1) is 0 Å². The van der Waals surface area contributed by atoms with Crippen LogP contribution in [-0.4, -0.2) is 20.6 Å². The minimum absolute atomic E-state index is 0. The molecular weight excluding hydrogens is 275 g/mol. The quantitative estimate of drug-likeness (QED) is 0.595. The highest BCUT2D eigenvalue weighted by Gasteiger charge is 1.87. The molecule has 0 unspecified atom stereocenters. The third-order valence-corrected chi connectivity index (χ3v) is 1.32. The van der Waals surface area contributed by atoms with Crippen LogP contribution in [0.1, 0.15) is 19.9 Å². The van der Waals surface area contributed by atoms with Gasteiger partial charge in [-0.2, -0.15) is 0 Å². The van der Waals surface area contributed by atoms with Crippen molar-refractivity contribution in [2.45, 2.75) is 20.8 Å². The van der Waals surface area contributed by atoms with Gasteiger partial charge in [-0.3, -0.25) is 0 Å². The lowest BCUT2D eigenvalue weighted by atomic mass is 10.2. The summed E-state index contributed by atoms with van der Waals surface area (Å²) in [5, 5.41) is 14.1. The van der Waals surface area contributed by atoms with E-state index < -0.39 is 10.3 Å². The van der Waals surface area contributed by atoms with E-state index in [1.165, 1.54) is 17.7 Å². The van der Waals surface area contributed by atoms with Crippen LogP contribution in [0.3, 0.4) is 0 Å². The van der Waals surface area contributed by atoms with Gasteiger partial charge in [-0.25, -0.2) is 4.39 Å². The summed E-state index contributed by atoms with van der Waals surface area (Å²) in [6.07, 6.45) is 0.972. The molecule has 0 aliphatic heterocycles. The molecule has 0 fully saturated rings. The van der Waals surface area contributed by atoms with E-state index in [0.717, 1.165) is 6.42 Å². The summed E-state index contributed by atoms with van der Waals surface area (Å²) in [5.74, 6) is -0.160. The van der Waals surface area contributed by atoms with E-state index in [4.69, 9.17) is 10.2 Å². The van der Waals surface area contributed by atoms with Crippen molar-refractivity contribution in [3.05, 3.63) is 35.6 Å². The molecule has 4 nitrogen and oxygen atoms in total. The van der Waals surface area contributed by atoms with Crippen molar-refractivity contribution in [2.75, 3.05) is 0 Å². The number of hydrogen-bond acceptors (Lipinski definition) is 2. The summed E-state index contributed by atoms with van der Waals surface area (Å²) < 4.78 is 12.2. The molecule has 1 rings (SSSR count). The monoisotopic (exact) mass is 294 g/mol. The molecule has 0 amide bonds. The van der Waals surface area contributed by atoms with Gasteiger partial charge in [-0.05, 0) is 48.6 Å². The summed E-state index contributed by atoms with van der Waals surface area (Å²) in [5.41, 5.74) is 9.97. The maximum Gasteiger partial charge on any atom is 0.251 e. The molecule has 0 aliphatic rings. The Morgan fingerprint density at radius 3 is 1.61 bits per heavy atom. The second kappa shape index (κ2) is 13.6. The van der Waals surface area contributed by atoms with Crippen molar-refractivity contribution in [3.63, 3.8) is 0 Å². The lowest BCUT2D eigenvalue weighted by Gasteiger charge is -1.92. The van der Waals surface area contributed by atoms with Crippen LogP contribution in [0, 0.1) is 5.82 Å². The van der Waals surface area contributed by atoms with Crippen molar-refractivity contribution in [2.24, 2.45) is 11.5 Å². The minimum Gasteiger partial charge on any atom is -0.487 e. The van der Waals surface area contributed by atoms with Crippen LogP contribution in [0.5, 0.6) is 0 Å². The third-order valence-electron chi connectivity index (χ3n) is 1.32. The first kappa shape index (κ1) is 21.8. The SMILES string of the molecule is C.CCc1ccc(F)cc1.NC(O)=S.NC(O)=S. The summed E-state index contributed by atoms with van der Waals surface area (Å²) in [4.78, 5) is 0. The predicted molar refractivity (Wildman–Crippen MR) is 81.3 cm³/mol. The number of aliphatic hydroxyl groups excluding tert-OH is 2. The molecule has 0 spiro atoms. The standard InChI is InChI=1S/C8H9F.2CH3NOS.CH4/c1-2-7-3-5-8(9)6-4-7;2*2-1(3)4;/h3-6H,2H2,1H3;2*(H3,2,3,4);1H4. The van der Waals surface area contributed by atoms with Gasteiger partial charge in [-0.15, -0.1) is 0 Å². The molecule has 0 aromatic heterocycles. The van der Waals surface area contributed by atoms with Gasteiger partial charge in [0.25, 0.3) is 10.3 Å². The normalized spacial score (nSPS) is 7.44. The Morgan fingerprint density at radius 2 is 1.39 bits per heavy atom. The van der Waals surface area contributed by atoms with Gasteiger partial charge in [0.2, 0.25) is 0 Å². The molecule has 0 aliphatic carbocycles. The molecule has 0 radical (unpaired) electrons. The third kappa shape index (κ3) is 24.0. The zero-order valence-corrected chi connectivity index (χ0v) is 10.9. The second-order valence-corrected chi connectivity index (χ2v) is 3.49. The van der Waals surface area contributed by atoms with E-state index in [1.54, 1.807) is 12.1 Å².